The van der Waals surface area contributed by atoms with Crippen LogP contribution in [0.4, 0.5) is 0 Å². The molecule has 0 aliphatic carbocycles. The Kier molecular flexibility index (Phi) is 8.27. The van der Waals surface area contributed by atoms with Gasteiger partial charge in [-0.3, -0.25) is 0 Å². The molecule has 1 aromatic heterocycles. The summed E-state index contributed by atoms with van der Waals surface area (Å²) in [6, 6.07) is 8.64. The van der Waals surface area contributed by atoms with Crippen molar-refractivity contribution in [3.8, 4) is 34.3 Å². The van der Waals surface area contributed by atoms with E-state index < -0.39 is 0 Å². The van der Waals surface area contributed by atoms with Crippen LogP contribution in [0, 0.1) is 0 Å². The van der Waals surface area contributed by atoms with Crippen molar-refractivity contribution in [1.29, 1.82) is 0 Å². The standard InChI is InChI=1S/C29H36NO4.ClH/c1-4-5-6-7-8-9-10-22-21-11-12-25(31-2)29(32-3)24(21)19-30-14-13-20-17-26-27(34-16-15-33-26)18-23(20)28(22)30;/h11-12,17-19H,4-10,13-16H2,1-3H3;1H/q+1;/p-1. The first kappa shape index (κ1) is 25.4. The van der Waals surface area contributed by atoms with Gasteiger partial charge in [0.1, 0.15) is 13.2 Å². The van der Waals surface area contributed by atoms with Crippen LogP contribution in [0.5, 0.6) is 23.0 Å². The fourth-order valence-corrected chi connectivity index (χ4v) is 5.49. The Morgan fingerprint density at radius 1 is 0.886 bits per heavy atom. The number of hydrogen-bond donors (Lipinski definition) is 0. The molecule has 0 saturated carbocycles. The van der Waals surface area contributed by atoms with E-state index in [-0.39, 0.29) is 12.4 Å². The van der Waals surface area contributed by atoms with Crippen molar-refractivity contribution in [1.82, 2.24) is 0 Å². The predicted molar refractivity (Wildman–Crippen MR) is 134 cm³/mol. The minimum absolute atomic E-state index is 0. The molecule has 3 heterocycles. The summed E-state index contributed by atoms with van der Waals surface area (Å²) in [5.74, 6) is 3.32. The summed E-state index contributed by atoms with van der Waals surface area (Å²) in [4.78, 5) is 0. The summed E-state index contributed by atoms with van der Waals surface area (Å²) >= 11 is 0. The quantitative estimate of drug-likeness (QED) is 0.336. The highest BCUT2D eigenvalue weighted by molar-refractivity contribution is 5.95. The van der Waals surface area contributed by atoms with Gasteiger partial charge in [-0.05, 0) is 42.7 Å². The normalized spacial score (nSPS) is 13.6. The molecule has 188 valence electrons. The van der Waals surface area contributed by atoms with Crippen LogP contribution < -0.4 is 35.9 Å². The average molecular weight is 498 g/mol. The Morgan fingerprint density at radius 3 is 2.37 bits per heavy atom. The first-order chi connectivity index (χ1) is 16.7. The van der Waals surface area contributed by atoms with Crippen LogP contribution >= 0.6 is 0 Å². The van der Waals surface area contributed by atoms with Crippen molar-refractivity contribution >= 4 is 10.8 Å². The molecule has 0 saturated heterocycles. The number of benzene rings is 2. The second-order valence-electron chi connectivity index (χ2n) is 9.33. The van der Waals surface area contributed by atoms with E-state index in [1.54, 1.807) is 14.2 Å². The molecule has 2 aromatic carbocycles. The lowest BCUT2D eigenvalue weighted by Crippen LogP contribution is -3.00. The maximum Gasteiger partial charge on any atom is 0.216 e. The smallest absolute Gasteiger partial charge is 0.216 e. The number of halogens is 1. The molecule has 5 rings (SSSR count). The van der Waals surface area contributed by atoms with Gasteiger partial charge in [-0.25, -0.2) is 0 Å². The Labute approximate surface area is 214 Å². The van der Waals surface area contributed by atoms with Crippen molar-refractivity contribution in [2.45, 2.75) is 64.8 Å². The third-order valence-electron chi connectivity index (χ3n) is 7.19. The summed E-state index contributed by atoms with van der Waals surface area (Å²) in [5.41, 5.74) is 5.32. The molecule has 6 heteroatoms. The Morgan fingerprint density at radius 2 is 1.63 bits per heavy atom. The predicted octanol–water partition coefficient (Wildman–Crippen LogP) is 3.05. The number of ether oxygens (including phenoxy) is 4. The second-order valence-corrected chi connectivity index (χ2v) is 9.33. The number of nitrogens with zero attached hydrogens (tertiary/aromatic N) is 1. The molecule has 3 aromatic rings. The highest BCUT2D eigenvalue weighted by Crippen LogP contribution is 2.43. The molecule has 0 bridgehead atoms. The van der Waals surface area contributed by atoms with Gasteiger partial charge in [0.25, 0.3) is 0 Å². The van der Waals surface area contributed by atoms with Crippen LogP contribution in [0.25, 0.3) is 22.0 Å². The van der Waals surface area contributed by atoms with Gasteiger partial charge in [-0.15, -0.1) is 0 Å². The fourth-order valence-electron chi connectivity index (χ4n) is 5.49. The van der Waals surface area contributed by atoms with Gasteiger partial charge in [0.15, 0.2) is 35.7 Å². The Balaban J connectivity index is 0.00000289. The summed E-state index contributed by atoms with van der Waals surface area (Å²) < 4.78 is 25.7. The van der Waals surface area contributed by atoms with Gasteiger partial charge in [0.2, 0.25) is 5.69 Å². The SMILES string of the molecule is CCCCCCCCc1c2[n+](cc3c(OC)c(OC)ccc13)CCc1cc3c(cc1-2)OCCO3.[Cl-]. The number of rotatable bonds is 9. The van der Waals surface area contributed by atoms with Gasteiger partial charge in [-0.1, -0.05) is 39.0 Å². The van der Waals surface area contributed by atoms with Gasteiger partial charge >= 0.3 is 0 Å². The molecule has 0 spiro atoms. The highest BCUT2D eigenvalue weighted by atomic mass is 35.5. The van der Waals surface area contributed by atoms with Crippen molar-refractivity contribution < 1.29 is 35.9 Å². The number of pyridine rings is 1. The molecule has 2 aliphatic heterocycles. The number of hydrogen-bond acceptors (Lipinski definition) is 4. The van der Waals surface area contributed by atoms with Gasteiger partial charge in [0, 0.05) is 17.4 Å². The zero-order valence-corrected chi connectivity index (χ0v) is 21.9. The minimum atomic E-state index is 0. The van der Waals surface area contributed by atoms with Crippen molar-refractivity contribution in [3.05, 3.63) is 41.6 Å². The number of aryl methyl sites for hydroxylation is 3. The largest absolute Gasteiger partial charge is 1.00 e. The fraction of sp³-hybridized carbons (Fsp3) is 0.483. The van der Waals surface area contributed by atoms with E-state index in [2.05, 4.69) is 35.9 Å². The van der Waals surface area contributed by atoms with E-state index in [4.69, 9.17) is 18.9 Å². The second kappa shape index (κ2) is 11.4. The summed E-state index contributed by atoms with van der Waals surface area (Å²) in [5, 5.41) is 2.37. The molecule has 0 fully saturated rings. The molecule has 5 nitrogen and oxygen atoms in total. The summed E-state index contributed by atoms with van der Waals surface area (Å²) in [7, 11) is 3.43. The third-order valence-corrected chi connectivity index (χ3v) is 7.19. The van der Waals surface area contributed by atoms with E-state index in [1.165, 1.54) is 66.3 Å². The lowest BCUT2D eigenvalue weighted by molar-refractivity contribution is -0.686. The van der Waals surface area contributed by atoms with Crippen LogP contribution in [0.2, 0.25) is 0 Å². The van der Waals surface area contributed by atoms with Gasteiger partial charge < -0.3 is 31.4 Å². The third kappa shape index (κ3) is 4.88. The Hall–Kier alpha value is -2.66. The zero-order valence-electron chi connectivity index (χ0n) is 21.1. The molecule has 2 aliphatic rings. The minimum Gasteiger partial charge on any atom is -1.00 e. The lowest BCUT2D eigenvalue weighted by atomic mass is 9.89. The topological polar surface area (TPSA) is 40.8 Å². The van der Waals surface area contributed by atoms with Gasteiger partial charge in [-0.2, -0.15) is 4.57 Å². The molecular formula is C29H36ClNO4. The molecule has 0 atom stereocenters. The van der Waals surface area contributed by atoms with Crippen LogP contribution in [0.1, 0.15) is 56.6 Å². The van der Waals surface area contributed by atoms with E-state index in [0.29, 0.717) is 13.2 Å². The van der Waals surface area contributed by atoms with Crippen LogP contribution in [-0.2, 0) is 19.4 Å². The number of methoxy groups -OCH3 is 2. The number of fused-ring (bicyclic) bond motifs is 5. The molecule has 0 N–H and O–H groups in total. The number of aromatic nitrogens is 1. The first-order valence-corrected chi connectivity index (χ1v) is 12.8. The molecule has 0 radical (unpaired) electrons. The van der Waals surface area contributed by atoms with Crippen molar-refractivity contribution in [2.75, 3.05) is 27.4 Å². The highest BCUT2D eigenvalue weighted by Gasteiger charge is 2.31. The monoisotopic (exact) mass is 497 g/mol. The van der Waals surface area contributed by atoms with E-state index in [0.717, 1.165) is 47.8 Å². The maximum atomic E-state index is 5.96. The van der Waals surface area contributed by atoms with Crippen LogP contribution in [-0.4, -0.2) is 27.4 Å². The summed E-state index contributed by atoms with van der Waals surface area (Å²) in [6.45, 7) is 4.42. The van der Waals surface area contributed by atoms with Crippen LogP contribution in [0.15, 0.2) is 30.5 Å². The Bertz CT molecular complexity index is 1190. The summed E-state index contributed by atoms with van der Waals surface area (Å²) in [6.07, 6.45) is 12.0. The average Bonchev–Trinajstić information content (AvgIpc) is 2.88. The number of unbranched alkanes of at least 4 members (excludes halogenated alkanes) is 5. The van der Waals surface area contributed by atoms with Crippen molar-refractivity contribution in [3.63, 3.8) is 0 Å². The zero-order chi connectivity index (χ0) is 23.5. The van der Waals surface area contributed by atoms with E-state index >= 15 is 0 Å². The maximum absolute atomic E-state index is 5.96. The van der Waals surface area contributed by atoms with E-state index in [9.17, 15) is 0 Å². The molecular weight excluding hydrogens is 462 g/mol. The lowest BCUT2D eigenvalue weighted by Gasteiger charge is -2.24. The molecule has 0 amide bonds. The van der Waals surface area contributed by atoms with Crippen LogP contribution in [0.3, 0.4) is 0 Å². The molecule has 35 heavy (non-hydrogen) atoms. The first-order valence-electron chi connectivity index (χ1n) is 12.8. The van der Waals surface area contributed by atoms with Gasteiger partial charge in [0.05, 0.1) is 25.2 Å². The van der Waals surface area contributed by atoms with E-state index in [1.807, 2.05) is 6.07 Å². The molecule has 0 unspecified atom stereocenters. The van der Waals surface area contributed by atoms with Crippen molar-refractivity contribution in [2.24, 2.45) is 0 Å².